The highest BCUT2D eigenvalue weighted by atomic mass is 16.5. The zero-order valence-corrected chi connectivity index (χ0v) is 16.1. The van der Waals surface area contributed by atoms with E-state index in [1.807, 2.05) is 6.07 Å². The average molecular weight is 392 g/mol. The largest absolute Gasteiger partial charge is 0.493 e. The van der Waals surface area contributed by atoms with Crippen molar-refractivity contribution in [1.29, 1.82) is 5.26 Å². The molecule has 1 unspecified atom stereocenters. The minimum atomic E-state index is -0.582. The first kappa shape index (κ1) is 18.6. The predicted octanol–water partition coefficient (Wildman–Crippen LogP) is 2.13. The number of carbonyl (C=O) groups excluding carboxylic acids is 1. The molecule has 0 saturated carbocycles. The van der Waals surface area contributed by atoms with Crippen LogP contribution in [0.5, 0.6) is 11.5 Å². The third-order valence-corrected chi connectivity index (χ3v) is 5.27. The smallest absolute Gasteiger partial charge is 0.231 e. The Balaban J connectivity index is 1.95. The first-order valence-electron chi connectivity index (χ1n) is 9.14. The second kappa shape index (κ2) is 7.31. The molecule has 2 aliphatic rings. The zero-order chi connectivity index (χ0) is 20.5. The number of Topliss-reactive ketones (excluding diaryl/α,β-unsaturated/α-hetero) is 1. The minimum absolute atomic E-state index is 0.00389. The number of carbonyl (C=O) groups is 1. The maximum atomic E-state index is 13.0. The van der Waals surface area contributed by atoms with Crippen LogP contribution in [0, 0.1) is 11.3 Å². The van der Waals surface area contributed by atoms with E-state index in [1.165, 1.54) is 6.33 Å². The lowest BCUT2D eigenvalue weighted by molar-refractivity contribution is -0.116. The van der Waals surface area contributed by atoms with Gasteiger partial charge in [-0.25, -0.2) is 5.10 Å². The zero-order valence-electron chi connectivity index (χ0n) is 16.1. The maximum absolute atomic E-state index is 13.0. The van der Waals surface area contributed by atoms with Gasteiger partial charge in [0.15, 0.2) is 17.3 Å². The van der Waals surface area contributed by atoms with E-state index in [0.29, 0.717) is 42.3 Å². The molecule has 4 rings (SSSR count). The molecule has 29 heavy (non-hydrogen) atoms. The Bertz CT molecular complexity index is 1060. The highest BCUT2D eigenvalue weighted by molar-refractivity contribution is 6.01. The van der Waals surface area contributed by atoms with Gasteiger partial charge in [-0.2, -0.15) is 15.3 Å². The molecule has 9 heteroatoms. The summed E-state index contributed by atoms with van der Waals surface area (Å²) >= 11 is 0. The molecule has 1 atom stereocenters. The number of methoxy groups -OCH3 is 2. The molecule has 1 aromatic heterocycles. The third-order valence-electron chi connectivity index (χ3n) is 5.27. The Hall–Kier alpha value is -3.80. The fourth-order valence-corrected chi connectivity index (χ4v) is 4.00. The lowest BCUT2D eigenvalue weighted by atomic mass is 9.75. The quantitative estimate of drug-likeness (QED) is 0.809. The standard InChI is InChI=1S/C20H20N6O3/c1-28-15-7-6-11(8-16(15)29-2)17-12(9-21)19(22)26(20-23-10-24-25-20)13-4-3-5-14(27)18(13)17/h6-8,10,17H,3-5,22H2,1-2H3,(H,23,24,25). The number of hydrogen-bond acceptors (Lipinski definition) is 8. The van der Waals surface area contributed by atoms with Crippen molar-refractivity contribution in [3.05, 3.63) is 52.8 Å². The summed E-state index contributed by atoms with van der Waals surface area (Å²) in [5.74, 6) is 1.11. The van der Waals surface area contributed by atoms with Crippen molar-refractivity contribution in [3.63, 3.8) is 0 Å². The number of ketones is 1. The lowest BCUT2D eigenvalue weighted by Gasteiger charge is -2.38. The van der Waals surface area contributed by atoms with E-state index in [0.717, 1.165) is 11.3 Å². The summed E-state index contributed by atoms with van der Waals surface area (Å²) in [7, 11) is 3.09. The van der Waals surface area contributed by atoms with Gasteiger partial charge in [0.25, 0.3) is 0 Å². The average Bonchev–Trinajstić information content (AvgIpc) is 3.26. The lowest BCUT2D eigenvalue weighted by Crippen LogP contribution is -2.39. The first-order valence-corrected chi connectivity index (χ1v) is 9.14. The van der Waals surface area contributed by atoms with Crippen LogP contribution in [0.3, 0.4) is 0 Å². The number of hydrogen-bond donors (Lipinski definition) is 2. The summed E-state index contributed by atoms with van der Waals surface area (Å²) in [6.07, 6.45) is 3.13. The summed E-state index contributed by atoms with van der Waals surface area (Å²) < 4.78 is 10.7. The van der Waals surface area contributed by atoms with Crippen LogP contribution in [0.1, 0.15) is 30.7 Å². The van der Waals surface area contributed by atoms with E-state index in [4.69, 9.17) is 15.2 Å². The van der Waals surface area contributed by atoms with Gasteiger partial charge in [0.1, 0.15) is 12.1 Å². The van der Waals surface area contributed by atoms with Gasteiger partial charge in [0.05, 0.1) is 31.8 Å². The van der Waals surface area contributed by atoms with Crippen molar-refractivity contribution in [1.82, 2.24) is 15.2 Å². The molecule has 2 heterocycles. The summed E-state index contributed by atoms with van der Waals surface area (Å²) in [6, 6.07) is 7.58. The van der Waals surface area contributed by atoms with Gasteiger partial charge in [-0.1, -0.05) is 6.07 Å². The molecule has 3 N–H and O–H groups in total. The summed E-state index contributed by atoms with van der Waals surface area (Å²) in [5, 5.41) is 16.6. The number of rotatable bonds is 4. The molecule has 148 valence electrons. The Morgan fingerprint density at radius 1 is 1.28 bits per heavy atom. The van der Waals surface area contributed by atoms with Crippen LogP contribution < -0.4 is 20.1 Å². The van der Waals surface area contributed by atoms with Gasteiger partial charge < -0.3 is 15.2 Å². The Labute approximate surface area is 167 Å². The molecule has 0 saturated heterocycles. The molecule has 0 bridgehead atoms. The molecular formula is C20H20N6O3. The van der Waals surface area contributed by atoms with Crippen molar-refractivity contribution >= 4 is 11.7 Å². The number of allylic oxidation sites excluding steroid dienone is 3. The number of nitrogens with zero attached hydrogens (tertiary/aromatic N) is 4. The van der Waals surface area contributed by atoms with Crippen molar-refractivity contribution < 1.29 is 14.3 Å². The summed E-state index contributed by atoms with van der Waals surface area (Å²) in [6.45, 7) is 0. The van der Waals surface area contributed by atoms with Crippen molar-refractivity contribution in [3.8, 4) is 17.6 Å². The van der Waals surface area contributed by atoms with Gasteiger partial charge in [-0.15, -0.1) is 0 Å². The van der Waals surface area contributed by atoms with E-state index in [1.54, 1.807) is 31.3 Å². The molecule has 0 fully saturated rings. The van der Waals surface area contributed by atoms with E-state index in [-0.39, 0.29) is 17.2 Å². The van der Waals surface area contributed by atoms with Gasteiger partial charge in [0, 0.05) is 17.7 Å². The SMILES string of the molecule is COc1ccc(C2C(C#N)=C(N)N(c3ncn[nH]3)C3=C2C(=O)CCC3)cc1OC. The highest BCUT2D eigenvalue weighted by Gasteiger charge is 2.41. The second-order valence-corrected chi connectivity index (χ2v) is 6.74. The molecule has 1 aliphatic carbocycles. The molecule has 0 spiro atoms. The number of nitrogens with two attached hydrogens (primary N) is 1. The fraction of sp³-hybridized carbons (Fsp3) is 0.300. The van der Waals surface area contributed by atoms with Gasteiger partial charge in [0.2, 0.25) is 5.95 Å². The third kappa shape index (κ3) is 2.89. The maximum Gasteiger partial charge on any atom is 0.231 e. The Morgan fingerprint density at radius 3 is 2.72 bits per heavy atom. The number of anilines is 1. The molecular weight excluding hydrogens is 372 g/mol. The minimum Gasteiger partial charge on any atom is -0.493 e. The number of ether oxygens (including phenoxy) is 2. The number of aromatic nitrogens is 3. The Morgan fingerprint density at radius 2 is 2.07 bits per heavy atom. The molecule has 1 aliphatic heterocycles. The summed E-state index contributed by atoms with van der Waals surface area (Å²) in [4.78, 5) is 18.8. The number of benzene rings is 1. The van der Waals surface area contributed by atoms with Crippen LogP contribution in [0.15, 0.2) is 47.2 Å². The van der Waals surface area contributed by atoms with E-state index < -0.39 is 5.92 Å². The predicted molar refractivity (Wildman–Crippen MR) is 104 cm³/mol. The van der Waals surface area contributed by atoms with Crippen molar-refractivity contribution in [2.45, 2.75) is 25.2 Å². The van der Waals surface area contributed by atoms with Crippen LogP contribution in [0.2, 0.25) is 0 Å². The molecule has 1 aromatic carbocycles. The van der Waals surface area contributed by atoms with Gasteiger partial charge in [-0.3, -0.25) is 9.69 Å². The first-order chi connectivity index (χ1) is 14.1. The number of H-pyrrole nitrogens is 1. The van der Waals surface area contributed by atoms with Gasteiger partial charge >= 0.3 is 0 Å². The normalized spacial score (nSPS) is 19.1. The molecule has 0 amide bonds. The van der Waals surface area contributed by atoms with Crippen molar-refractivity contribution in [2.24, 2.45) is 5.73 Å². The number of nitrogens with one attached hydrogen (secondary N) is 1. The van der Waals surface area contributed by atoms with Crippen LogP contribution in [0.25, 0.3) is 0 Å². The van der Waals surface area contributed by atoms with E-state index in [9.17, 15) is 10.1 Å². The van der Waals surface area contributed by atoms with Crippen LogP contribution in [-0.2, 0) is 4.79 Å². The summed E-state index contributed by atoms with van der Waals surface area (Å²) in [5.41, 5.74) is 8.75. The monoisotopic (exact) mass is 392 g/mol. The number of nitriles is 1. The fourth-order valence-electron chi connectivity index (χ4n) is 4.00. The van der Waals surface area contributed by atoms with Crippen LogP contribution >= 0.6 is 0 Å². The van der Waals surface area contributed by atoms with E-state index >= 15 is 0 Å². The molecule has 9 nitrogen and oxygen atoms in total. The second-order valence-electron chi connectivity index (χ2n) is 6.74. The molecule has 0 radical (unpaired) electrons. The van der Waals surface area contributed by atoms with Gasteiger partial charge in [-0.05, 0) is 30.5 Å². The topological polar surface area (TPSA) is 130 Å². The van der Waals surface area contributed by atoms with E-state index in [2.05, 4.69) is 21.3 Å². The van der Waals surface area contributed by atoms with Crippen LogP contribution in [0.4, 0.5) is 5.95 Å². The number of aromatic amines is 1. The molecule has 2 aromatic rings. The van der Waals surface area contributed by atoms with Crippen molar-refractivity contribution in [2.75, 3.05) is 19.1 Å². The highest BCUT2D eigenvalue weighted by Crippen LogP contribution is 2.46. The Kier molecular flexibility index (Phi) is 4.68. The van der Waals surface area contributed by atoms with Crippen LogP contribution in [-0.4, -0.2) is 35.2 Å².